The van der Waals surface area contributed by atoms with E-state index >= 15 is 0 Å². The van der Waals surface area contributed by atoms with Crippen LogP contribution in [0.15, 0.2) is 48.5 Å². The van der Waals surface area contributed by atoms with Crippen LogP contribution in [-0.2, 0) is 16.8 Å². The second-order valence-electron chi connectivity index (χ2n) is 6.62. The van der Waals surface area contributed by atoms with Crippen molar-refractivity contribution < 1.29 is 9.18 Å². The van der Waals surface area contributed by atoms with Gasteiger partial charge in [0.05, 0.1) is 5.41 Å². The first-order valence-corrected chi connectivity index (χ1v) is 8.20. The Morgan fingerprint density at radius 2 is 2.00 bits per heavy atom. The first kappa shape index (κ1) is 14.9. The van der Waals surface area contributed by atoms with E-state index in [0.29, 0.717) is 24.9 Å². The number of benzene rings is 2. The lowest BCUT2D eigenvalue weighted by molar-refractivity contribution is -0.123. The molecule has 4 rings (SSSR count). The maximum Gasteiger partial charge on any atom is 0.231 e. The second kappa shape index (κ2) is 5.48. The van der Waals surface area contributed by atoms with Gasteiger partial charge in [0, 0.05) is 23.3 Å². The molecule has 0 radical (unpaired) electrons. The van der Waals surface area contributed by atoms with Crippen molar-refractivity contribution in [3.63, 3.8) is 0 Å². The smallest absolute Gasteiger partial charge is 0.231 e. The molecule has 1 aliphatic carbocycles. The van der Waals surface area contributed by atoms with E-state index in [1.807, 2.05) is 19.1 Å². The van der Waals surface area contributed by atoms with Crippen molar-refractivity contribution in [3.05, 3.63) is 71.2 Å². The van der Waals surface area contributed by atoms with E-state index < -0.39 is 5.41 Å². The summed E-state index contributed by atoms with van der Waals surface area (Å²) in [6.07, 6.45) is 1.41. The molecule has 1 amide bonds. The number of nitrogens with one attached hydrogen (secondary N) is 2. The third-order valence-corrected chi connectivity index (χ3v) is 4.85. The normalized spacial score (nSPS) is 15.4. The number of hydrogen-bond donors (Lipinski definition) is 2. The fraction of sp³-hybridized carbons (Fsp3) is 0.250. The average molecular weight is 322 g/mol. The van der Waals surface area contributed by atoms with E-state index in [4.69, 9.17) is 0 Å². The Bertz CT molecular complexity index is 924. The van der Waals surface area contributed by atoms with Gasteiger partial charge in [-0.3, -0.25) is 4.79 Å². The summed E-state index contributed by atoms with van der Waals surface area (Å²) < 4.78 is 14.0. The van der Waals surface area contributed by atoms with Gasteiger partial charge in [-0.1, -0.05) is 24.3 Å². The molecule has 0 unspecified atom stereocenters. The molecule has 1 fully saturated rings. The summed E-state index contributed by atoms with van der Waals surface area (Å²) in [7, 11) is 0. The minimum absolute atomic E-state index is 0.0852. The summed E-state index contributed by atoms with van der Waals surface area (Å²) in [5, 5.41) is 4.12. The maximum absolute atomic E-state index is 14.0. The summed E-state index contributed by atoms with van der Waals surface area (Å²) in [4.78, 5) is 15.9. The molecular formula is C20H19FN2O. The Labute approximate surface area is 139 Å². The van der Waals surface area contributed by atoms with E-state index in [9.17, 15) is 9.18 Å². The van der Waals surface area contributed by atoms with Crippen LogP contribution < -0.4 is 5.32 Å². The number of H-pyrrole nitrogens is 1. The van der Waals surface area contributed by atoms with E-state index in [0.717, 1.165) is 22.2 Å². The Balaban J connectivity index is 1.50. The summed E-state index contributed by atoms with van der Waals surface area (Å²) in [5.74, 6) is -0.382. The lowest BCUT2D eigenvalue weighted by atomic mass is 9.94. The van der Waals surface area contributed by atoms with Crippen molar-refractivity contribution in [2.24, 2.45) is 0 Å². The van der Waals surface area contributed by atoms with Crippen LogP contribution in [0, 0.1) is 12.7 Å². The maximum atomic E-state index is 14.0. The van der Waals surface area contributed by atoms with Crippen LogP contribution in [0.1, 0.15) is 29.7 Å². The van der Waals surface area contributed by atoms with Gasteiger partial charge in [-0.25, -0.2) is 4.39 Å². The number of fused-ring (bicyclic) bond motifs is 1. The fourth-order valence-corrected chi connectivity index (χ4v) is 3.38. The molecule has 0 spiro atoms. The zero-order valence-corrected chi connectivity index (χ0v) is 13.5. The third kappa shape index (κ3) is 2.48. The van der Waals surface area contributed by atoms with E-state index in [1.165, 1.54) is 6.07 Å². The van der Waals surface area contributed by atoms with Crippen molar-refractivity contribution >= 4 is 16.8 Å². The van der Waals surface area contributed by atoms with Gasteiger partial charge in [-0.2, -0.15) is 0 Å². The third-order valence-electron chi connectivity index (χ3n) is 4.85. The highest BCUT2D eigenvalue weighted by Gasteiger charge is 2.52. The standard InChI is InChI=1S/C20H19FN2O/c1-13-10-15-11-14(6-7-18(15)23-13)12-22-19(24)20(8-9-20)16-4-2-3-5-17(16)21/h2-7,10-11,23H,8-9,12H2,1H3,(H,22,24). The van der Waals surface area contributed by atoms with Gasteiger partial charge in [-0.15, -0.1) is 0 Å². The molecule has 1 aliphatic rings. The van der Waals surface area contributed by atoms with Crippen LogP contribution in [0.2, 0.25) is 0 Å². The molecule has 3 nitrogen and oxygen atoms in total. The molecule has 24 heavy (non-hydrogen) atoms. The molecule has 0 bridgehead atoms. The first-order valence-electron chi connectivity index (χ1n) is 8.20. The number of aromatic amines is 1. The number of rotatable bonds is 4. The lowest BCUT2D eigenvalue weighted by Crippen LogP contribution is -2.34. The highest BCUT2D eigenvalue weighted by molar-refractivity contribution is 5.91. The van der Waals surface area contributed by atoms with Gasteiger partial charge in [0.2, 0.25) is 5.91 Å². The van der Waals surface area contributed by atoms with Crippen LogP contribution in [0.25, 0.3) is 10.9 Å². The second-order valence-corrected chi connectivity index (χ2v) is 6.62. The molecular weight excluding hydrogens is 303 g/mol. The molecule has 1 heterocycles. The predicted molar refractivity (Wildman–Crippen MR) is 92.2 cm³/mol. The number of carbonyl (C=O) groups excluding carboxylic acids is 1. The van der Waals surface area contributed by atoms with Gasteiger partial charge in [-0.05, 0) is 55.0 Å². The lowest BCUT2D eigenvalue weighted by Gasteiger charge is -2.16. The number of aromatic nitrogens is 1. The van der Waals surface area contributed by atoms with Crippen LogP contribution in [0.3, 0.4) is 0 Å². The highest BCUT2D eigenvalue weighted by atomic mass is 19.1. The van der Waals surface area contributed by atoms with Crippen molar-refractivity contribution in [2.75, 3.05) is 0 Å². The molecule has 0 saturated heterocycles. The minimum Gasteiger partial charge on any atom is -0.359 e. The number of hydrogen-bond acceptors (Lipinski definition) is 1. The van der Waals surface area contributed by atoms with E-state index in [-0.39, 0.29) is 11.7 Å². The summed E-state index contributed by atoms with van der Waals surface area (Å²) in [6, 6.07) is 14.8. The largest absolute Gasteiger partial charge is 0.359 e. The topological polar surface area (TPSA) is 44.9 Å². The van der Waals surface area contributed by atoms with Crippen LogP contribution in [-0.4, -0.2) is 10.9 Å². The number of aryl methyl sites for hydroxylation is 1. The Morgan fingerprint density at radius 3 is 2.75 bits per heavy atom. The minimum atomic E-state index is -0.680. The fourth-order valence-electron chi connectivity index (χ4n) is 3.38. The quantitative estimate of drug-likeness (QED) is 0.750. The van der Waals surface area contributed by atoms with Crippen molar-refractivity contribution in [3.8, 4) is 0 Å². The molecule has 3 aromatic rings. The predicted octanol–water partition coefficient (Wildman–Crippen LogP) is 3.96. The van der Waals surface area contributed by atoms with Crippen LogP contribution in [0.4, 0.5) is 4.39 Å². The average Bonchev–Trinajstić information content (AvgIpc) is 3.29. The highest BCUT2D eigenvalue weighted by Crippen LogP contribution is 2.49. The molecule has 0 atom stereocenters. The van der Waals surface area contributed by atoms with Gasteiger partial charge >= 0.3 is 0 Å². The van der Waals surface area contributed by atoms with Crippen molar-refractivity contribution in [1.29, 1.82) is 0 Å². The van der Waals surface area contributed by atoms with Gasteiger partial charge in [0.15, 0.2) is 0 Å². The zero-order chi connectivity index (χ0) is 16.7. The summed E-state index contributed by atoms with van der Waals surface area (Å²) in [5.41, 5.74) is 3.08. The van der Waals surface area contributed by atoms with Gasteiger partial charge in [0.25, 0.3) is 0 Å². The summed E-state index contributed by atoms with van der Waals surface area (Å²) >= 11 is 0. The molecule has 1 aromatic heterocycles. The van der Waals surface area contributed by atoms with Crippen LogP contribution in [0.5, 0.6) is 0 Å². The number of halogens is 1. The number of amides is 1. The Kier molecular flexibility index (Phi) is 3.41. The van der Waals surface area contributed by atoms with Crippen molar-refractivity contribution in [2.45, 2.75) is 31.7 Å². The molecule has 4 heteroatoms. The zero-order valence-electron chi connectivity index (χ0n) is 13.5. The van der Waals surface area contributed by atoms with Gasteiger partial charge in [0.1, 0.15) is 5.82 Å². The molecule has 2 N–H and O–H groups in total. The van der Waals surface area contributed by atoms with Gasteiger partial charge < -0.3 is 10.3 Å². The monoisotopic (exact) mass is 322 g/mol. The van der Waals surface area contributed by atoms with Crippen LogP contribution >= 0.6 is 0 Å². The van der Waals surface area contributed by atoms with E-state index in [1.54, 1.807) is 18.2 Å². The number of carbonyl (C=O) groups is 1. The first-order chi connectivity index (χ1) is 11.6. The Morgan fingerprint density at radius 1 is 1.21 bits per heavy atom. The SMILES string of the molecule is Cc1cc2cc(CNC(=O)C3(c4ccccc4F)CC3)ccc2[nH]1. The molecule has 1 saturated carbocycles. The molecule has 2 aromatic carbocycles. The Hall–Kier alpha value is -2.62. The molecule has 122 valence electrons. The van der Waals surface area contributed by atoms with Crippen molar-refractivity contribution in [1.82, 2.24) is 10.3 Å². The summed E-state index contributed by atoms with van der Waals surface area (Å²) in [6.45, 7) is 2.47. The van der Waals surface area contributed by atoms with E-state index in [2.05, 4.69) is 22.4 Å². The molecule has 0 aliphatic heterocycles.